The average Bonchev–Trinajstić information content (AvgIpc) is 3.41. The number of carbonyl (C=O) groups excluding carboxylic acids is 3. The van der Waals surface area contributed by atoms with Crippen molar-refractivity contribution in [3.05, 3.63) is 60.8 Å². The molecule has 1 unspecified atom stereocenters. The third kappa shape index (κ3) is 61.8. The van der Waals surface area contributed by atoms with Gasteiger partial charge in [-0.2, -0.15) is 0 Å². The summed E-state index contributed by atoms with van der Waals surface area (Å²) in [6, 6.07) is 0. The molecule has 0 N–H and O–H groups in total. The first-order valence-corrected chi connectivity index (χ1v) is 32.8. The van der Waals surface area contributed by atoms with E-state index in [-0.39, 0.29) is 31.1 Å². The van der Waals surface area contributed by atoms with Gasteiger partial charge in [-0.1, -0.05) is 293 Å². The first-order chi connectivity index (χ1) is 37.0. The molecule has 0 amide bonds. The van der Waals surface area contributed by atoms with Gasteiger partial charge in [0.2, 0.25) is 0 Å². The fourth-order valence-corrected chi connectivity index (χ4v) is 9.54. The zero-order valence-corrected chi connectivity index (χ0v) is 50.1. The highest BCUT2D eigenvalue weighted by molar-refractivity contribution is 5.71. The van der Waals surface area contributed by atoms with Crippen LogP contribution in [0.1, 0.15) is 342 Å². The minimum Gasteiger partial charge on any atom is -0.462 e. The molecule has 0 aliphatic rings. The van der Waals surface area contributed by atoms with E-state index >= 15 is 0 Å². The number of ether oxygens (including phenoxy) is 3. The Balaban J connectivity index is 4.25. The quantitative estimate of drug-likeness (QED) is 0.0261. The molecule has 0 bridgehead atoms. The molecule has 6 nitrogen and oxygen atoms in total. The molecule has 0 aromatic rings. The maximum atomic E-state index is 12.9. The van der Waals surface area contributed by atoms with Gasteiger partial charge in [-0.05, 0) is 89.9 Å². The lowest BCUT2D eigenvalue weighted by Gasteiger charge is -2.18. The smallest absolute Gasteiger partial charge is 0.306 e. The van der Waals surface area contributed by atoms with Gasteiger partial charge in [0.05, 0.1) is 0 Å². The minimum atomic E-state index is -0.778. The molecular formula is C69H124O6. The van der Waals surface area contributed by atoms with Crippen LogP contribution in [0, 0.1) is 0 Å². The van der Waals surface area contributed by atoms with Crippen LogP contribution in [0.4, 0.5) is 0 Å². The summed E-state index contributed by atoms with van der Waals surface area (Å²) in [7, 11) is 0. The van der Waals surface area contributed by atoms with E-state index in [1.807, 2.05) is 0 Å². The number of unbranched alkanes of at least 4 members (excludes halogenated alkanes) is 39. The van der Waals surface area contributed by atoms with Crippen LogP contribution in [-0.2, 0) is 28.6 Å². The van der Waals surface area contributed by atoms with Crippen LogP contribution in [0.3, 0.4) is 0 Å². The zero-order chi connectivity index (χ0) is 54.3. The lowest BCUT2D eigenvalue weighted by atomic mass is 10.0. The number of hydrogen-bond donors (Lipinski definition) is 0. The van der Waals surface area contributed by atoms with E-state index in [0.29, 0.717) is 19.3 Å². The number of rotatable bonds is 60. The number of hydrogen-bond acceptors (Lipinski definition) is 6. The summed E-state index contributed by atoms with van der Waals surface area (Å²) in [6.07, 6.45) is 80.8. The van der Waals surface area contributed by atoms with Crippen molar-refractivity contribution in [2.24, 2.45) is 0 Å². The second-order valence-electron chi connectivity index (χ2n) is 22.0. The Morgan fingerprint density at radius 1 is 0.267 bits per heavy atom. The fourth-order valence-electron chi connectivity index (χ4n) is 9.54. The van der Waals surface area contributed by atoms with Gasteiger partial charge in [0, 0.05) is 19.3 Å². The number of allylic oxidation sites excluding steroid dienone is 10. The van der Waals surface area contributed by atoms with Crippen LogP contribution in [-0.4, -0.2) is 37.2 Å². The predicted octanol–water partition coefficient (Wildman–Crippen LogP) is 22.3. The van der Waals surface area contributed by atoms with Gasteiger partial charge in [-0.3, -0.25) is 14.4 Å². The SMILES string of the molecule is CCCCCC/C=C\C/C=C\CCCCCCCCCC(=O)OC(COC(=O)CCCCCCCCCCCCCC)COC(=O)CCCCCCCCCCCCCC/C=C\C/C=C\C/C=C\CCCCCCC. The second kappa shape index (κ2) is 63.6. The maximum absolute atomic E-state index is 12.9. The largest absolute Gasteiger partial charge is 0.462 e. The third-order valence-electron chi connectivity index (χ3n) is 14.5. The lowest BCUT2D eigenvalue weighted by molar-refractivity contribution is -0.167. The second-order valence-corrected chi connectivity index (χ2v) is 22.0. The van der Waals surface area contributed by atoms with Crippen LogP contribution in [0.5, 0.6) is 0 Å². The van der Waals surface area contributed by atoms with Crippen LogP contribution < -0.4 is 0 Å². The Kier molecular flexibility index (Phi) is 61.2. The van der Waals surface area contributed by atoms with Crippen molar-refractivity contribution in [3.63, 3.8) is 0 Å². The van der Waals surface area contributed by atoms with Crippen LogP contribution in [0.15, 0.2) is 60.8 Å². The summed E-state index contributed by atoms with van der Waals surface area (Å²) in [6.45, 7) is 6.64. The minimum absolute atomic E-state index is 0.0744. The van der Waals surface area contributed by atoms with Crippen LogP contribution in [0.2, 0.25) is 0 Å². The van der Waals surface area contributed by atoms with Gasteiger partial charge in [0.1, 0.15) is 13.2 Å². The van der Waals surface area contributed by atoms with Crippen molar-refractivity contribution in [3.8, 4) is 0 Å². The van der Waals surface area contributed by atoms with Crippen molar-refractivity contribution in [2.75, 3.05) is 13.2 Å². The molecule has 0 radical (unpaired) electrons. The Morgan fingerprint density at radius 2 is 0.480 bits per heavy atom. The summed E-state index contributed by atoms with van der Waals surface area (Å²) >= 11 is 0. The van der Waals surface area contributed by atoms with Crippen LogP contribution in [0.25, 0.3) is 0 Å². The molecule has 0 rings (SSSR count). The Bertz CT molecular complexity index is 1340. The Morgan fingerprint density at radius 3 is 0.760 bits per heavy atom. The molecule has 0 aliphatic heterocycles. The lowest BCUT2D eigenvalue weighted by Crippen LogP contribution is -2.30. The van der Waals surface area contributed by atoms with Crippen LogP contribution >= 0.6 is 0 Å². The molecule has 0 aliphatic carbocycles. The highest BCUT2D eigenvalue weighted by atomic mass is 16.6. The van der Waals surface area contributed by atoms with E-state index in [1.165, 1.54) is 218 Å². The molecule has 1 atom stereocenters. The topological polar surface area (TPSA) is 78.9 Å². The Hall–Kier alpha value is -2.89. The molecule has 436 valence electrons. The molecule has 0 heterocycles. The van der Waals surface area contributed by atoms with Gasteiger partial charge in [0.25, 0.3) is 0 Å². The molecule has 0 saturated heterocycles. The summed E-state index contributed by atoms with van der Waals surface area (Å²) in [5.74, 6) is -0.867. The molecule has 0 fully saturated rings. The van der Waals surface area contributed by atoms with Gasteiger partial charge in [-0.25, -0.2) is 0 Å². The number of carbonyl (C=O) groups is 3. The van der Waals surface area contributed by atoms with Crippen molar-refractivity contribution in [1.29, 1.82) is 0 Å². The summed E-state index contributed by atoms with van der Waals surface area (Å²) in [5.41, 5.74) is 0. The van der Waals surface area contributed by atoms with Gasteiger partial charge in [0.15, 0.2) is 6.10 Å². The van der Waals surface area contributed by atoms with E-state index in [1.54, 1.807) is 0 Å². The molecule has 0 spiro atoms. The maximum Gasteiger partial charge on any atom is 0.306 e. The molecule has 0 aromatic carbocycles. The van der Waals surface area contributed by atoms with Crippen molar-refractivity contribution in [2.45, 2.75) is 348 Å². The van der Waals surface area contributed by atoms with Crippen molar-refractivity contribution in [1.82, 2.24) is 0 Å². The van der Waals surface area contributed by atoms with Gasteiger partial charge < -0.3 is 14.2 Å². The third-order valence-corrected chi connectivity index (χ3v) is 14.5. The summed E-state index contributed by atoms with van der Waals surface area (Å²) < 4.78 is 16.9. The number of esters is 3. The normalized spacial score (nSPS) is 12.4. The van der Waals surface area contributed by atoms with Crippen molar-refractivity contribution >= 4 is 17.9 Å². The van der Waals surface area contributed by atoms with Gasteiger partial charge in [-0.15, -0.1) is 0 Å². The first kappa shape index (κ1) is 72.1. The predicted molar refractivity (Wildman–Crippen MR) is 325 cm³/mol. The highest BCUT2D eigenvalue weighted by Gasteiger charge is 2.19. The highest BCUT2D eigenvalue weighted by Crippen LogP contribution is 2.17. The standard InChI is InChI=1S/C69H124O6/c1-4-7-10-13-16-19-22-25-27-29-31-32-33-34-35-36-37-38-39-41-42-44-47-50-53-56-59-62-68(71)74-65-66(64-73-67(70)61-58-55-52-49-46-24-21-18-15-12-9-6-3)75-69(72)63-60-57-54-51-48-45-43-40-30-28-26-23-20-17-14-11-8-5-2/h20,22-23,25,28-31,33-34,66H,4-19,21,24,26-27,32,35-65H2,1-3H3/b23-20-,25-22-,30-28-,31-29-,34-33-. The average molecular weight is 1050 g/mol. The van der Waals surface area contributed by atoms with E-state index in [4.69, 9.17) is 14.2 Å². The Labute approximate surface area is 466 Å². The van der Waals surface area contributed by atoms with Gasteiger partial charge >= 0.3 is 17.9 Å². The van der Waals surface area contributed by atoms with E-state index in [2.05, 4.69) is 81.5 Å². The molecule has 6 heteroatoms. The molecule has 0 aromatic heterocycles. The molecule has 0 saturated carbocycles. The monoisotopic (exact) mass is 1050 g/mol. The molecule has 75 heavy (non-hydrogen) atoms. The fraction of sp³-hybridized carbons (Fsp3) is 0.812. The van der Waals surface area contributed by atoms with E-state index < -0.39 is 6.10 Å². The summed E-state index contributed by atoms with van der Waals surface area (Å²) in [4.78, 5) is 38.3. The first-order valence-electron chi connectivity index (χ1n) is 32.8. The summed E-state index contributed by atoms with van der Waals surface area (Å²) in [5, 5.41) is 0. The van der Waals surface area contributed by atoms with E-state index in [0.717, 1.165) is 83.5 Å². The zero-order valence-electron chi connectivity index (χ0n) is 50.1. The van der Waals surface area contributed by atoms with E-state index in [9.17, 15) is 14.4 Å². The molecular weight excluding hydrogens is 925 g/mol. The van der Waals surface area contributed by atoms with Crippen molar-refractivity contribution < 1.29 is 28.6 Å².